The first-order valence-corrected chi connectivity index (χ1v) is 7.81. The number of carbonyl (C=O) groups is 1. The molecule has 0 fully saturated rings. The van der Waals surface area contributed by atoms with Crippen LogP contribution in [0.5, 0.6) is 0 Å². The molecule has 122 valence electrons. The number of aromatic nitrogens is 2. The lowest BCUT2D eigenvalue weighted by atomic mass is 10.3. The average Bonchev–Trinajstić information content (AvgIpc) is 2.86. The molecule has 0 unspecified atom stereocenters. The van der Waals surface area contributed by atoms with Crippen LogP contribution in [0.4, 0.5) is 0 Å². The number of hydrogen-bond acceptors (Lipinski definition) is 2. The van der Waals surface area contributed by atoms with Gasteiger partial charge in [-0.2, -0.15) is 0 Å². The van der Waals surface area contributed by atoms with Gasteiger partial charge < -0.3 is 5.11 Å². The molecule has 0 radical (unpaired) electrons. The van der Waals surface area contributed by atoms with E-state index in [-0.39, 0.29) is 10.6 Å². The molecule has 0 aliphatic heterocycles. The Bertz CT molecular complexity index is 991. The molecular weight excluding hydrogens is 375 g/mol. The Balaban J connectivity index is 2.33. The summed E-state index contributed by atoms with van der Waals surface area (Å²) in [6.07, 6.45) is 1.23. The molecule has 3 aromatic rings. The summed E-state index contributed by atoms with van der Waals surface area (Å²) in [5, 5.41) is 10.4. The van der Waals surface area contributed by atoms with Crippen LogP contribution in [0.25, 0.3) is 11.4 Å². The highest BCUT2D eigenvalue weighted by Crippen LogP contribution is 2.25. The molecule has 0 aliphatic carbocycles. The van der Waals surface area contributed by atoms with Crippen LogP contribution in [0.1, 0.15) is 10.4 Å². The third kappa shape index (κ3) is 2.94. The molecule has 0 bridgehead atoms. The summed E-state index contributed by atoms with van der Waals surface area (Å²) < 4.78 is 2.57. The van der Waals surface area contributed by atoms with Gasteiger partial charge in [0.2, 0.25) is 0 Å². The van der Waals surface area contributed by atoms with Gasteiger partial charge in [-0.25, -0.2) is 9.48 Å². The van der Waals surface area contributed by atoms with Crippen LogP contribution in [-0.4, -0.2) is 20.4 Å². The first kappa shape index (κ1) is 16.6. The zero-order chi connectivity index (χ0) is 17.4. The fourth-order valence-corrected chi connectivity index (χ4v) is 2.87. The van der Waals surface area contributed by atoms with Gasteiger partial charge in [0.15, 0.2) is 0 Å². The quantitative estimate of drug-likeness (QED) is 0.734. The summed E-state index contributed by atoms with van der Waals surface area (Å²) >= 11 is 17.9. The SMILES string of the molecule is O=C(O)c1cn(-c2ccc(Cl)cc2)n(-c2ccc(Cl)cc2Cl)c1=O. The zero-order valence-electron chi connectivity index (χ0n) is 11.9. The third-order valence-electron chi connectivity index (χ3n) is 3.35. The highest BCUT2D eigenvalue weighted by Gasteiger charge is 2.20. The van der Waals surface area contributed by atoms with Crippen LogP contribution < -0.4 is 5.56 Å². The lowest BCUT2D eigenvalue weighted by Gasteiger charge is -2.13. The van der Waals surface area contributed by atoms with Crippen LogP contribution in [0.2, 0.25) is 15.1 Å². The molecule has 3 rings (SSSR count). The minimum absolute atomic E-state index is 0.217. The highest BCUT2D eigenvalue weighted by atomic mass is 35.5. The predicted octanol–water partition coefficient (Wildman–Crippen LogP) is 4.29. The Labute approximate surface area is 151 Å². The van der Waals surface area contributed by atoms with E-state index in [9.17, 15) is 14.7 Å². The summed E-state index contributed by atoms with van der Waals surface area (Å²) in [5.41, 5.74) is -0.221. The van der Waals surface area contributed by atoms with Crippen molar-refractivity contribution in [2.75, 3.05) is 0 Å². The van der Waals surface area contributed by atoms with E-state index in [1.807, 2.05) is 0 Å². The summed E-state index contributed by atoms with van der Waals surface area (Å²) in [7, 11) is 0. The molecule has 24 heavy (non-hydrogen) atoms. The Morgan fingerprint density at radius 2 is 1.58 bits per heavy atom. The first-order chi connectivity index (χ1) is 11.4. The number of aromatic carboxylic acids is 1. The molecule has 1 N–H and O–H groups in total. The number of rotatable bonds is 3. The summed E-state index contributed by atoms with van der Waals surface area (Å²) in [5.74, 6) is -1.33. The number of halogens is 3. The fourth-order valence-electron chi connectivity index (χ4n) is 2.26. The summed E-state index contributed by atoms with van der Waals surface area (Å²) in [6.45, 7) is 0. The van der Waals surface area contributed by atoms with Crippen molar-refractivity contribution in [1.82, 2.24) is 9.36 Å². The van der Waals surface area contributed by atoms with Gasteiger partial charge in [-0.05, 0) is 42.5 Å². The van der Waals surface area contributed by atoms with Crippen molar-refractivity contribution in [2.45, 2.75) is 0 Å². The van der Waals surface area contributed by atoms with Crippen molar-refractivity contribution in [3.63, 3.8) is 0 Å². The minimum Gasteiger partial charge on any atom is -0.477 e. The number of hydrogen-bond donors (Lipinski definition) is 1. The molecule has 5 nitrogen and oxygen atoms in total. The van der Waals surface area contributed by atoms with Gasteiger partial charge in [-0.15, -0.1) is 0 Å². The second-order valence-corrected chi connectivity index (χ2v) is 6.16. The average molecular weight is 384 g/mol. The standard InChI is InChI=1S/C16H9Cl3N2O3/c17-9-1-4-11(5-2-9)20-8-12(16(23)24)15(22)21(20)14-6-3-10(18)7-13(14)19/h1-8H,(H,23,24). The van der Waals surface area contributed by atoms with E-state index in [0.717, 1.165) is 0 Å². The molecule has 0 aliphatic rings. The molecular formula is C16H9Cl3N2O3. The van der Waals surface area contributed by atoms with Crippen molar-refractivity contribution in [3.8, 4) is 11.4 Å². The molecule has 0 atom stereocenters. The van der Waals surface area contributed by atoms with Crippen molar-refractivity contribution < 1.29 is 9.90 Å². The highest BCUT2D eigenvalue weighted by molar-refractivity contribution is 6.35. The van der Waals surface area contributed by atoms with Crippen LogP contribution >= 0.6 is 34.8 Å². The molecule has 1 heterocycles. The molecule has 2 aromatic carbocycles. The predicted molar refractivity (Wildman–Crippen MR) is 93.4 cm³/mol. The van der Waals surface area contributed by atoms with E-state index in [1.54, 1.807) is 36.4 Å². The largest absolute Gasteiger partial charge is 0.477 e. The first-order valence-electron chi connectivity index (χ1n) is 6.68. The molecule has 0 saturated carbocycles. The lowest BCUT2D eigenvalue weighted by molar-refractivity contribution is 0.0695. The van der Waals surface area contributed by atoms with E-state index in [0.29, 0.717) is 21.4 Å². The van der Waals surface area contributed by atoms with E-state index in [4.69, 9.17) is 34.8 Å². The van der Waals surface area contributed by atoms with Crippen molar-refractivity contribution in [1.29, 1.82) is 0 Å². The maximum atomic E-state index is 12.6. The Kier molecular flexibility index (Phi) is 4.41. The van der Waals surface area contributed by atoms with Gasteiger partial charge in [-0.1, -0.05) is 34.8 Å². The second-order valence-electron chi connectivity index (χ2n) is 4.88. The Hall–Kier alpha value is -2.21. The normalized spacial score (nSPS) is 10.8. The van der Waals surface area contributed by atoms with Gasteiger partial charge >= 0.3 is 5.97 Å². The van der Waals surface area contributed by atoms with Gasteiger partial charge in [0, 0.05) is 16.2 Å². The monoisotopic (exact) mass is 382 g/mol. The Morgan fingerprint density at radius 1 is 0.958 bits per heavy atom. The minimum atomic E-state index is -1.33. The van der Waals surface area contributed by atoms with Crippen LogP contribution in [0.15, 0.2) is 53.5 Å². The topological polar surface area (TPSA) is 64.2 Å². The van der Waals surface area contributed by atoms with Gasteiger partial charge in [-0.3, -0.25) is 9.48 Å². The van der Waals surface area contributed by atoms with Crippen molar-refractivity contribution >= 4 is 40.8 Å². The van der Waals surface area contributed by atoms with Crippen molar-refractivity contribution in [2.24, 2.45) is 0 Å². The van der Waals surface area contributed by atoms with Gasteiger partial charge in [0.05, 0.1) is 16.4 Å². The van der Waals surface area contributed by atoms with Crippen LogP contribution in [0.3, 0.4) is 0 Å². The summed E-state index contributed by atoms with van der Waals surface area (Å²) in [4.78, 5) is 23.9. The van der Waals surface area contributed by atoms with Gasteiger partial charge in [0.1, 0.15) is 5.56 Å². The van der Waals surface area contributed by atoms with Crippen LogP contribution in [-0.2, 0) is 0 Å². The molecule has 0 saturated heterocycles. The maximum absolute atomic E-state index is 12.6. The second kappa shape index (κ2) is 6.36. The Morgan fingerprint density at radius 3 is 2.17 bits per heavy atom. The smallest absolute Gasteiger partial charge is 0.343 e. The lowest BCUT2D eigenvalue weighted by Crippen LogP contribution is -2.23. The number of carboxylic acids is 1. The van der Waals surface area contributed by atoms with E-state index < -0.39 is 11.5 Å². The maximum Gasteiger partial charge on any atom is 0.343 e. The van der Waals surface area contributed by atoms with E-state index >= 15 is 0 Å². The zero-order valence-corrected chi connectivity index (χ0v) is 14.2. The molecule has 0 spiro atoms. The van der Waals surface area contributed by atoms with Crippen molar-refractivity contribution in [3.05, 3.63) is 79.6 Å². The number of nitrogens with zero attached hydrogens (tertiary/aromatic N) is 2. The number of benzene rings is 2. The molecule has 1 aromatic heterocycles. The van der Waals surface area contributed by atoms with E-state index in [1.165, 1.54) is 21.6 Å². The number of carboxylic acid groups (broad SMARTS) is 1. The fraction of sp³-hybridized carbons (Fsp3) is 0. The van der Waals surface area contributed by atoms with E-state index in [2.05, 4.69) is 0 Å². The summed E-state index contributed by atoms with van der Waals surface area (Å²) in [6, 6.07) is 11.2. The van der Waals surface area contributed by atoms with Crippen LogP contribution in [0, 0.1) is 0 Å². The molecule has 0 amide bonds. The third-order valence-corrected chi connectivity index (χ3v) is 4.14. The van der Waals surface area contributed by atoms with Gasteiger partial charge in [0.25, 0.3) is 5.56 Å². The molecule has 8 heteroatoms.